The van der Waals surface area contributed by atoms with Crippen molar-refractivity contribution in [2.24, 2.45) is 5.92 Å². The van der Waals surface area contributed by atoms with Crippen LogP contribution in [0.5, 0.6) is 0 Å². The summed E-state index contributed by atoms with van der Waals surface area (Å²) in [6.45, 7) is 2.60. The number of nitrogens with zero attached hydrogens (tertiary/aromatic N) is 1. The summed E-state index contributed by atoms with van der Waals surface area (Å²) in [6.07, 6.45) is 5.64. The van der Waals surface area contributed by atoms with Gasteiger partial charge in [0.25, 0.3) is 0 Å². The first-order valence-corrected chi connectivity index (χ1v) is 7.74. The van der Waals surface area contributed by atoms with Gasteiger partial charge in [0, 0.05) is 17.5 Å². The first-order chi connectivity index (χ1) is 9.61. The molecule has 1 saturated heterocycles. The molecule has 1 N–H and O–H groups in total. The zero-order valence-electron chi connectivity index (χ0n) is 11.5. The maximum atomic E-state index is 12.2. The van der Waals surface area contributed by atoms with Gasteiger partial charge in [0.2, 0.25) is 5.91 Å². The number of amides is 1. The van der Waals surface area contributed by atoms with E-state index in [2.05, 4.69) is 6.92 Å². The summed E-state index contributed by atoms with van der Waals surface area (Å²) in [4.78, 5) is 26.0. The molecule has 0 saturated carbocycles. The average Bonchev–Trinajstić information content (AvgIpc) is 2.97. The predicted molar refractivity (Wildman–Crippen MR) is 79.5 cm³/mol. The van der Waals surface area contributed by atoms with E-state index in [0.717, 1.165) is 17.7 Å². The van der Waals surface area contributed by atoms with E-state index in [0.29, 0.717) is 18.9 Å². The lowest BCUT2D eigenvalue weighted by Crippen LogP contribution is -2.49. The molecular weight excluding hydrogens is 274 g/mol. The second-order valence-corrected chi connectivity index (χ2v) is 6.01. The molecule has 0 bridgehead atoms. The van der Waals surface area contributed by atoms with Crippen LogP contribution in [0.15, 0.2) is 23.6 Å². The standard InChI is InChI=1S/C15H19NO3S/c1-2-11-7-8-16(13(10-11)15(18)19)14(17)6-5-12-4-3-9-20-12/h3-6,9,11,13H,2,7-8,10H2,1H3,(H,18,19)/b6-5+. The van der Waals surface area contributed by atoms with Crippen LogP contribution in [-0.4, -0.2) is 34.5 Å². The molecular formula is C15H19NO3S. The van der Waals surface area contributed by atoms with Gasteiger partial charge in [-0.1, -0.05) is 19.4 Å². The summed E-state index contributed by atoms with van der Waals surface area (Å²) >= 11 is 1.55. The Morgan fingerprint density at radius 2 is 2.35 bits per heavy atom. The number of thiophene rings is 1. The van der Waals surface area contributed by atoms with Gasteiger partial charge in [0.1, 0.15) is 6.04 Å². The van der Waals surface area contributed by atoms with Crippen molar-refractivity contribution in [3.05, 3.63) is 28.5 Å². The number of carboxylic acids is 1. The Kier molecular flexibility index (Phi) is 4.95. The number of carbonyl (C=O) groups is 2. The van der Waals surface area contributed by atoms with E-state index in [-0.39, 0.29) is 5.91 Å². The molecule has 2 rings (SSSR count). The third-order valence-electron chi connectivity index (χ3n) is 3.79. The zero-order valence-corrected chi connectivity index (χ0v) is 12.3. The van der Waals surface area contributed by atoms with Crippen molar-refractivity contribution < 1.29 is 14.7 Å². The van der Waals surface area contributed by atoms with Crippen LogP contribution in [0.4, 0.5) is 0 Å². The molecule has 1 aromatic rings. The fraction of sp³-hybridized carbons (Fsp3) is 0.467. The summed E-state index contributed by atoms with van der Waals surface area (Å²) in [7, 11) is 0. The quantitative estimate of drug-likeness (QED) is 0.868. The average molecular weight is 293 g/mol. The highest BCUT2D eigenvalue weighted by molar-refractivity contribution is 7.10. The molecule has 1 aliphatic rings. The number of rotatable bonds is 4. The fourth-order valence-corrected chi connectivity index (χ4v) is 3.16. The van der Waals surface area contributed by atoms with E-state index in [9.17, 15) is 14.7 Å². The number of hydrogen-bond donors (Lipinski definition) is 1. The van der Waals surface area contributed by atoms with Crippen LogP contribution in [0.25, 0.3) is 6.08 Å². The first-order valence-electron chi connectivity index (χ1n) is 6.86. The molecule has 2 atom stereocenters. The van der Waals surface area contributed by atoms with Gasteiger partial charge < -0.3 is 10.0 Å². The Balaban J connectivity index is 2.05. The summed E-state index contributed by atoms with van der Waals surface area (Å²) in [5.74, 6) is -0.706. The van der Waals surface area contributed by atoms with Gasteiger partial charge in [-0.15, -0.1) is 11.3 Å². The van der Waals surface area contributed by atoms with E-state index in [1.54, 1.807) is 17.4 Å². The number of carboxylic acid groups (broad SMARTS) is 1. The molecule has 1 aromatic heterocycles. The lowest BCUT2D eigenvalue weighted by atomic mass is 9.89. The van der Waals surface area contributed by atoms with Crippen LogP contribution in [0.2, 0.25) is 0 Å². The second kappa shape index (κ2) is 6.70. The Hall–Kier alpha value is -1.62. The molecule has 108 valence electrons. The Morgan fingerprint density at radius 1 is 1.55 bits per heavy atom. The molecule has 5 heteroatoms. The predicted octanol–water partition coefficient (Wildman–Crippen LogP) is 2.86. The molecule has 1 aliphatic heterocycles. The van der Waals surface area contributed by atoms with E-state index >= 15 is 0 Å². The number of hydrogen-bond acceptors (Lipinski definition) is 3. The minimum Gasteiger partial charge on any atom is -0.480 e. The highest BCUT2D eigenvalue weighted by atomic mass is 32.1. The third-order valence-corrected chi connectivity index (χ3v) is 4.63. The lowest BCUT2D eigenvalue weighted by Gasteiger charge is -2.36. The molecule has 2 unspecified atom stereocenters. The van der Waals surface area contributed by atoms with Crippen LogP contribution in [0, 0.1) is 5.92 Å². The Bertz CT molecular complexity index is 495. The second-order valence-electron chi connectivity index (χ2n) is 5.03. The van der Waals surface area contributed by atoms with Gasteiger partial charge in [-0.25, -0.2) is 4.79 Å². The van der Waals surface area contributed by atoms with Crippen LogP contribution >= 0.6 is 11.3 Å². The summed E-state index contributed by atoms with van der Waals surface area (Å²) in [5, 5.41) is 11.2. The van der Waals surface area contributed by atoms with Crippen LogP contribution in [0.3, 0.4) is 0 Å². The van der Waals surface area contributed by atoms with Crippen molar-refractivity contribution in [1.29, 1.82) is 0 Å². The molecule has 0 aromatic carbocycles. The third kappa shape index (κ3) is 3.48. The van der Waals surface area contributed by atoms with Crippen molar-refractivity contribution in [3.63, 3.8) is 0 Å². The number of aliphatic carboxylic acids is 1. The molecule has 0 spiro atoms. The van der Waals surface area contributed by atoms with Gasteiger partial charge in [-0.05, 0) is 36.3 Å². The smallest absolute Gasteiger partial charge is 0.326 e. The van der Waals surface area contributed by atoms with Crippen LogP contribution in [-0.2, 0) is 9.59 Å². The van der Waals surface area contributed by atoms with Crippen molar-refractivity contribution in [2.45, 2.75) is 32.2 Å². The van der Waals surface area contributed by atoms with E-state index < -0.39 is 12.0 Å². The number of carbonyl (C=O) groups excluding carboxylic acids is 1. The van der Waals surface area contributed by atoms with E-state index in [1.807, 2.05) is 17.5 Å². The summed E-state index contributed by atoms with van der Waals surface area (Å²) in [6, 6.07) is 3.16. The molecule has 4 nitrogen and oxygen atoms in total. The van der Waals surface area contributed by atoms with Gasteiger partial charge in [0.05, 0.1) is 0 Å². The maximum Gasteiger partial charge on any atom is 0.326 e. The minimum atomic E-state index is -0.902. The van der Waals surface area contributed by atoms with Crippen molar-refractivity contribution in [2.75, 3.05) is 6.54 Å². The number of piperidine rings is 1. The molecule has 0 aliphatic carbocycles. The van der Waals surface area contributed by atoms with Gasteiger partial charge in [0.15, 0.2) is 0 Å². The minimum absolute atomic E-state index is 0.208. The first kappa shape index (κ1) is 14.8. The van der Waals surface area contributed by atoms with Crippen LogP contribution < -0.4 is 0 Å². The van der Waals surface area contributed by atoms with Gasteiger partial charge in [-0.3, -0.25) is 4.79 Å². The zero-order chi connectivity index (χ0) is 14.5. The van der Waals surface area contributed by atoms with Crippen LogP contribution in [0.1, 0.15) is 31.1 Å². The number of likely N-dealkylation sites (tertiary alicyclic amines) is 1. The maximum absolute atomic E-state index is 12.2. The largest absolute Gasteiger partial charge is 0.480 e. The molecule has 1 fully saturated rings. The highest BCUT2D eigenvalue weighted by Gasteiger charge is 2.34. The summed E-state index contributed by atoms with van der Waals surface area (Å²) in [5.41, 5.74) is 0. The van der Waals surface area contributed by atoms with Gasteiger partial charge in [-0.2, -0.15) is 0 Å². The van der Waals surface area contributed by atoms with Crippen molar-refractivity contribution in [3.8, 4) is 0 Å². The SMILES string of the molecule is CCC1CCN(C(=O)/C=C/c2cccs2)C(C(=O)O)C1. The van der Waals surface area contributed by atoms with E-state index in [4.69, 9.17) is 0 Å². The normalized spacial score (nSPS) is 23.1. The highest BCUT2D eigenvalue weighted by Crippen LogP contribution is 2.26. The molecule has 1 amide bonds. The summed E-state index contributed by atoms with van der Waals surface area (Å²) < 4.78 is 0. The van der Waals surface area contributed by atoms with E-state index in [1.165, 1.54) is 11.0 Å². The fourth-order valence-electron chi connectivity index (χ4n) is 2.54. The Labute approximate surface area is 122 Å². The Morgan fingerprint density at radius 3 is 2.95 bits per heavy atom. The monoisotopic (exact) mass is 293 g/mol. The molecule has 0 radical (unpaired) electrons. The van der Waals surface area contributed by atoms with Crippen molar-refractivity contribution in [1.82, 2.24) is 4.90 Å². The molecule has 20 heavy (non-hydrogen) atoms. The van der Waals surface area contributed by atoms with Crippen molar-refractivity contribution >= 4 is 29.3 Å². The van der Waals surface area contributed by atoms with Gasteiger partial charge >= 0.3 is 5.97 Å². The lowest BCUT2D eigenvalue weighted by molar-refractivity contribution is -0.151. The topological polar surface area (TPSA) is 57.6 Å². The molecule has 2 heterocycles.